The number of halogens is 1. The lowest BCUT2D eigenvalue weighted by Crippen LogP contribution is -2.36. The molecule has 5 heteroatoms. The first kappa shape index (κ1) is 13.4. The predicted molar refractivity (Wildman–Crippen MR) is 64.2 cm³/mol. The van der Waals surface area contributed by atoms with E-state index in [9.17, 15) is 9.18 Å². The van der Waals surface area contributed by atoms with Crippen LogP contribution in [0.25, 0.3) is 0 Å². The van der Waals surface area contributed by atoms with E-state index < -0.39 is 5.82 Å². The van der Waals surface area contributed by atoms with Crippen LogP contribution < -0.4 is 11.1 Å². The summed E-state index contributed by atoms with van der Waals surface area (Å²) in [6.07, 6.45) is 0. The fourth-order valence-corrected chi connectivity index (χ4v) is 1.39. The molecular formula is C12H17FN2O2. The molecule has 17 heavy (non-hydrogen) atoms. The second-order valence-corrected chi connectivity index (χ2v) is 3.81. The Morgan fingerprint density at radius 3 is 2.82 bits per heavy atom. The van der Waals surface area contributed by atoms with E-state index in [1.165, 1.54) is 12.1 Å². The molecule has 0 fully saturated rings. The van der Waals surface area contributed by atoms with E-state index in [1.807, 2.05) is 13.8 Å². The molecular weight excluding hydrogens is 223 g/mol. The van der Waals surface area contributed by atoms with Gasteiger partial charge in [-0.25, -0.2) is 4.39 Å². The lowest BCUT2D eigenvalue weighted by atomic mass is 10.1. The van der Waals surface area contributed by atoms with Crippen LogP contribution in [-0.2, 0) is 4.74 Å². The quantitative estimate of drug-likeness (QED) is 0.768. The van der Waals surface area contributed by atoms with Gasteiger partial charge in [-0.3, -0.25) is 4.79 Å². The van der Waals surface area contributed by atoms with Gasteiger partial charge in [0.2, 0.25) is 0 Å². The molecule has 1 aromatic carbocycles. The van der Waals surface area contributed by atoms with E-state index in [4.69, 9.17) is 10.5 Å². The van der Waals surface area contributed by atoms with Crippen LogP contribution in [0.1, 0.15) is 24.2 Å². The lowest BCUT2D eigenvalue weighted by Gasteiger charge is -2.13. The van der Waals surface area contributed by atoms with Gasteiger partial charge in [-0.05, 0) is 32.0 Å². The third-order valence-electron chi connectivity index (χ3n) is 2.13. The summed E-state index contributed by atoms with van der Waals surface area (Å²) < 4.78 is 18.2. The summed E-state index contributed by atoms with van der Waals surface area (Å²) in [6, 6.07) is 3.62. The Labute approximate surface area is 100.0 Å². The molecule has 0 saturated heterocycles. The maximum absolute atomic E-state index is 13.0. The van der Waals surface area contributed by atoms with Crippen molar-refractivity contribution >= 4 is 11.6 Å². The molecule has 94 valence electrons. The average Bonchev–Trinajstić information content (AvgIpc) is 2.25. The largest absolute Gasteiger partial charge is 0.399 e. The minimum atomic E-state index is -0.521. The van der Waals surface area contributed by atoms with Crippen LogP contribution in [0.3, 0.4) is 0 Å². The summed E-state index contributed by atoms with van der Waals surface area (Å²) in [7, 11) is 0. The lowest BCUT2D eigenvalue weighted by molar-refractivity contribution is 0.0871. The number of carbonyl (C=O) groups is 1. The Bertz CT molecular complexity index is 376. The van der Waals surface area contributed by atoms with Crippen molar-refractivity contribution in [3.63, 3.8) is 0 Å². The molecule has 3 N–H and O–H groups in total. The number of ether oxygens (including phenoxy) is 1. The van der Waals surface area contributed by atoms with Gasteiger partial charge in [0.15, 0.2) is 0 Å². The molecule has 4 nitrogen and oxygen atoms in total. The van der Waals surface area contributed by atoms with Crippen molar-refractivity contribution < 1.29 is 13.9 Å². The summed E-state index contributed by atoms with van der Waals surface area (Å²) >= 11 is 0. The average molecular weight is 240 g/mol. The third-order valence-corrected chi connectivity index (χ3v) is 2.13. The van der Waals surface area contributed by atoms with Gasteiger partial charge >= 0.3 is 0 Å². The normalized spacial score (nSPS) is 12.2. The smallest absolute Gasteiger partial charge is 0.251 e. The minimum absolute atomic E-state index is 0.132. The fraction of sp³-hybridized carbons (Fsp3) is 0.417. The second-order valence-electron chi connectivity index (χ2n) is 3.81. The Hall–Kier alpha value is -1.62. The summed E-state index contributed by atoms with van der Waals surface area (Å²) in [5, 5.41) is 2.70. The zero-order valence-corrected chi connectivity index (χ0v) is 10.00. The van der Waals surface area contributed by atoms with Crippen LogP contribution in [-0.4, -0.2) is 25.2 Å². The molecule has 0 spiro atoms. The maximum atomic E-state index is 13.0. The highest BCUT2D eigenvalue weighted by Gasteiger charge is 2.11. The molecule has 1 aromatic rings. The number of hydrogen-bond acceptors (Lipinski definition) is 3. The second kappa shape index (κ2) is 6.20. The van der Waals surface area contributed by atoms with Crippen molar-refractivity contribution in [1.29, 1.82) is 0 Å². The van der Waals surface area contributed by atoms with E-state index in [0.717, 1.165) is 6.07 Å². The fourth-order valence-electron chi connectivity index (χ4n) is 1.39. The number of nitrogen functional groups attached to an aromatic ring is 1. The SMILES string of the molecule is CCOCC(C)NC(=O)c1cc(N)cc(F)c1. The highest BCUT2D eigenvalue weighted by molar-refractivity contribution is 5.95. The zero-order valence-electron chi connectivity index (χ0n) is 10.00. The minimum Gasteiger partial charge on any atom is -0.399 e. The monoisotopic (exact) mass is 240 g/mol. The molecule has 0 radical (unpaired) electrons. The van der Waals surface area contributed by atoms with Crippen LogP contribution in [0.4, 0.5) is 10.1 Å². The van der Waals surface area contributed by atoms with Crippen LogP contribution in [0.5, 0.6) is 0 Å². The number of amides is 1. The summed E-state index contributed by atoms with van der Waals surface area (Å²) in [5.74, 6) is -0.879. The molecule has 0 aliphatic heterocycles. The predicted octanol–water partition coefficient (Wildman–Crippen LogP) is 1.56. The highest BCUT2D eigenvalue weighted by atomic mass is 19.1. The van der Waals surface area contributed by atoms with Crippen molar-refractivity contribution in [1.82, 2.24) is 5.32 Å². The standard InChI is InChI=1S/C12H17FN2O2/c1-3-17-7-8(2)15-12(16)9-4-10(13)6-11(14)5-9/h4-6,8H,3,7,14H2,1-2H3,(H,15,16). The van der Waals surface area contributed by atoms with Crippen molar-refractivity contribution in [3.05, 3.63) is 29.6 Å². The van der Waals surface area contributed by atoms with Gasteiger partial charge in [-0.15, -0.1) is 0 Å². The molecule has 0 aliphatic carbocycles. The molecule has 0 heterocycles. The van der Waals surface area contributed by atoms with Crippen LogP contribution in [0.15, 0.2) is 18.2 Å². The number of hydrogen-bond donors (Lipinski definition) is 2. The first-order valence-corrected chi connectivity index (χ1v) is 5.47. The first-order valence-electron chi connectivity index (χ1n) is 5.47. The van der Waals surface area contributed by atoms with Crippen molar-refractivity contribution in [2.75, 3.05) is 18.9 Å². The first-order chi connectivity index (χ1) is 8.02. The number of carbonyl (C=O) groups excluding carboxylic acids is 1. The molecule has 1 unspecified atom stereocenters. The number of rotatable bonds is 5. The summed E-state index contributed by atoms with van der Waals surface area (Å²) in [6.45, 7) is 4.71. The summed E-state index contributed by atoms with van der Waals surface area (Å²) in [4.78, 5) is 11.7. The number of anilines is 1. The zero-order chi connectivity index (χ0) is 12.8. The Morgan fingerprint density at radius 2 is 2.24 bits per heavy atom. The Morgan fingerprint density at radius 1 is 1.53 bits per heavy atom. The van der Waals surface area contributed by atoms with E-state index in [1.54, 1.807) is 0 Å². The van der Waals surface area contributed by atoms with Crippen molar-refractivity contribution in [2.24, 2.45) is 0 Å². The third kappa shape index (κ3) is 4.40. The summed E-state index contributed by atoms with van der Waals surface area (Å²) in [5.41, 5.74) is 5.91. The van der Waals surface area contributed by atoms with Crippen molar-refractivity contribution in [2.45, 2.75) is 19.9 Å². The molecule has 0 saturated carbocycles. The van der Waals surface area contributed by atoms with Crippen LogP contribution in [0.2, 0.25) is 0 Å². The Kier molecular flexibility index (Phi) is 4.90. The van der Waals surface area contributed by atoms with E-state index in [0.29, 0.717) is 13.2 Å². The topological polar surface area (TPSA) is 64.3 Å². The molecule has 0 aromatic heterocycles. The van der Waals surface area contributed by atoms with E-state index >= 15 is 0 Å². The number of benzene rings is 1. The van der Waals surface area contributed by atoms with Gasteiger partial charge in [0.05, 0.1) is 6.61 Å². The molecule has 1 amide bonds. The van der Waals surface area contributed by atoms with Gasteiger partial charge in [-0.1, -0.05) is 0 Å². The van der Waals surface area contributed by atoms with Crippen molar-refractivity contribution in [3.8, 4) is 0 Å². The number of nitrogens with one attached hydrogen (secondary N) is 1. The van der Waals surface area contributed by atoms with Gasteiger partial charge < -0.3 is 15.8 Å². The highest BCUT2D eigenvalue weighted by Crippen LogP contribution is 2.10. The molecule has 0 bridgehead atoms. The van der Waals surface area contributed by atoms with Gasteiger partial charge in [0, 0.05) is 23.9 Å². The molecule has 1 atom stereocenters. The molecule has 1 rings (SSSR count). The van der Waals surface area contributed by atoms with E-state index in [2.05, 4.69) is 5.32 Å². The van der Waals surface area contributed by atoms with E-state index in [-0.39, 0.29) is 23.2 Å². The molecule has 0 aliphatic rings. The maximum Gasteiger partial charge on any atom is 0.251 e. The van der Waals surface area contributed by atoms with Crippen LogP contribution in [0, 0.1) is 5.82 Å². The van der Waals surface area contributed by atoms with Gasteiger partial charge in [0.1, 0.15) is 5.82 Å². The Balaban J connectivity index is 2.63. The van der Waals surface area contributed by atoms with Gasteiger partial charge in [0.25, 0.3) is 5.91 Å². The number of nitrogens with two attached hydrogens (primary N) is 1. The van der Waals surface area contributed by atoms with Gasteiger partial charge in [-0.2, -0.15) is 0 Å². The van der Waals surface area contributed by atoms with Crippen LogP contribution >= 0.6 is 0 Å².